The Morgan fingerprint density at radius 3 is 2.33 bits per heavy atom. The van der Waals surface area contributed by atoms with E-state index in [-0.39, 0.29) is 5.75 Å². The number of hydrogen-bond acceptors (Lipinski definition) is 4. The topological polar surface area (TPSA) is 118 Å². The number of aromatic amines is 2. The third-order valence-electron chi connectivity index (χ3n) is 4.63. The van der Waals surface area contributed by atoms with Crippen molar-refractivity contribution >= 4 is 28.8 Å². The molecule has 2 aromatic rings. The van der Waals surface area contributed by atoms with E-state index in [2.05, 4.69) is 16.9 Å². The summed E-state index contributed by atoms with van der Waals surface area (Å²) < 4.78 is 3.23. The van der Waals surface area contributed by atoms with Crippen LogP contribution in [0.15, 0.2) is 14.7 Å². The number of rotatable bonds is 12. The molecule has 0 aromatic carbocycles. The van der Waals surface area contributed by atoms with Gasteiger partial charge in [-0.3, -0.25) is 19.1 Å². The minimum absolute atomic E-state index is 0.107. The molecule has 0 unspecified atom stereocenters. The molecule has 1 amide bonds. The number of nitrogens with one attached hydrogen (secondary N) is 2. The summed E-state index contributed by atoms with van der Waals surface area (Å²) in [5.41, 5.74) is 5.24. The SMILES string of the molecule is CCCCCCCCCC[n+]1c(SCC(N)=O)[nH]c2c1c(=O)[nH]c(=O)n2C. The molecule has 0 fully saturated rings. The van der Waals surface area contributed by atoms with Crippen molar-refractivity contribution in [3.63, 3.8) is 0 Å². The number of imidazole rings is 1. The van der Waals surface area contributed by atoms with Gasteiger partial charge in [0.2, 0.25) is 5.91 Å². The van der Waals surface area contributed by atoms with Crippen LogP contribution < -0.4 is 21.5 Å². The average molecular weight is 397 g/mol. The second-order valence-corrected chi connectivity index (χ2v) is 7.79. The van der Waals surface area contributed by atoms with Crippen LogP contribution in [-0.2, 0) is 18.4 Å². The third kappa shape index (κ3) is 5.72. The Balaban J connectivity index is 2.11. The van der Waals surface area contributed by atoms with E-state index in [1.807, 2.05) is 4.57 Å². The van der Waals surface area contributed by atoms with Crippen molar-refractivity contribution in [2.75, 3.05) is 5.75 Å². The van der Waals surface area contributed by atoms with Gasteiger partial charge in [0.15, 0.2) is 0 Å². The van der Waals surface area contributed by atoms with Gasteiger partial charge in [-0.25, -0.2) is 14.3 Å². The normalized spacial score (nSPS) is 11.3. The second-order valence-electron chi connectivity index (χ2n) is 6.83. The first kappa shape index (κ1) is 21.3. The number of fused-ring (bicyclic) bond motifs is 1. The Bertz CT molecular complexity index is 883. The first-order valence-electron chi connectivity index (χ1n) is 9.61. The number of nitrogens with two attached hydrogens (primary N) is 1. The number of carbonyl (C=O) groups is 1. The fourth-order valence-corrected chi connectivity index (χ4v) is 3.93. The summed E-state index contributed by atoms with van der Waals surface area (Å²) in [4.78, 5) is 40.8. The molecule has 0 bridgehead atoms. The molecule has 0 saturated carbocycles. The Kier molecular flexibility index (Phi) is 8.15. The number of aromatic nitrogens is 4. The van der Waals surface area contributed by atoms with Crippen LogP contribution in [0.3, 0.4) is 0 Å². The zero-order valence-electron chi connectivity index (χ0n) is 16.2. The smallest absolute Gasteiger partial charge is 0.331 e. The van der Waals surface area contributed by atoms with Crippen LogP contribution in [-0.4, -0.2) is 26.2 Å². The van der Waals surface area contributed by atoms with E-state index < -0.39 is 17.2 Å². The highest BCUT2D eigenvalue weighted by Gasteiger charge is 2.24. The minimum Gasteiger partial charge on any atom is -0.369 e. The molecular weight excluding hydrogens is 366 g/mol. The van der Waals surface area contributed by atoms with E-state index in [1.54, 1.807) is 7.05 Å². The Morgan fingerprint density at radius 2 is 1.70 bits per heavy atom. The van der Waals surface area contributed by atoms with Crippen molar-refractivity contribution in [3.8, 4) is 0 Å². The summed E-state index contributed by atoms with van der Waals surface area (Å²) in [6, 6.07) is 0. The van der Waals surface area contributed by atoms with Crippen LogP contribution in [0.1, 0.15) is 58.3 Å². The number of nitrogens with zero attached hydrogens (tertiary/aromatic N) is 2. The number of hydrogen-bond donors (Lipinski definition) is 3. The Morgan fingerprint density at radius 1 is 1.07 bits per heavy atom. The van der Waals surface area contributed by atoms with Crippen molar-refractivity contribution < 1.29 is 9.36 Å². The van der Waals surface area contributed by atoms with E-state index in [9.17, 15) is 14.4 Å². The number of unbranched alkanes of at least 4 members (excludes halogenated alkanes) is 7. The first-order chi connectivity index (χ1) is 13.0. The van der Waals surface area contributed by atoms with E-state index in [4.69, 9.17) is 5.73 Å². The Labute approximate surface area is 162 Å². The number of thioether (sulfide) groups is 1. The summed E-state index contributed by atoms with van der Waals surface area (Å²) in [6.07, 6.45) is 9.53. The summed E-state index contributed by atoms with van der Waals surface area (Å²) in [5.74, 6) is -0.323. The Hall–Kier alpha value is -2.03. The predicted octanol–water partition coefficient (Wildman–Crippen LogP) is 1.56. The lowest BCUT2D eigenvalue weighted by molar-refractivity contribution is -0.709. The van der Waals surface area contributed by atoms with E-state index in [1.165, 1.54) is 54.9 Å². The van der Waals surface area contributed by atoms with Crippen LogP contribution in [0.2, 0.25) is 0 Å². The number of amides is 1. The number of primary amides is 1. The molecule has 2 heterocycles. The molecule has 0 aliphatic carbocycles. The quantitative estimate of drug-likeness (QED) is 0.287. The molecule has 2 aromatic heterocycles. The summed E-state index contributed by atoms with van der Waals surface area (Å²) in [6.45, 7) is 2.86. The van der Waals surface area contributed by atoms with Crippen LogP contribution in [0.5, 0.6) is 0 Å². The molecule has 0 radical (unpaired) electrons. The van der Waals surface area contributed by atoms with E-state index in [0.29, 0.717) is 22.9 Å². The highest BCUT2D eigenvalue weighted by atomic mass is 32.2. The van der Waals surface area contributed by atoms with E-state index in [0.717, 1.165) is 12.8 Å². The molecule has 0 atom stereocenters. The monoisotopic (exact) mass is 396 g/mol. The van der Waals surface area contributed by atoms with Crippen molar-refractivity contribution in [2.24, 2.45) is 12.8 Å². The first-order valence-corrected chi connectivity index (χ1v) is 10.6. The molecule has 27 heavy (non-hydrogen) atoms. The van der Waals surface area contributed by atoms with Gasteiger partial charge < -0.3 is 5.73 Å². The fourth-order valence-electron chi connectivity index (χ4n) is 3.14. The summed E-state index contributed by atoms with van der Waals surface area (Å²) in [7, 11) is 1.60. The average Bonchev–Trinajstić information content (AvgIpc) is 2.99. The molecule has 0 spiro atoms. The number of aryl methyl sites for hydroxylation is 2. The lowest BCUT2D eigenvalue weighted by Crippen LogP contribution is -2.41. The van der Waals surface area contributed by atoms with Gasteiger partial charge >= 0.3 is 16.4 Å². The fraction of sp³-hybridized carbons (Fsp3) is 0.667. The van der Waals surface area contributed by atoms with Gasteiger partial charge in [-0.1, -0.05) is 45.4 Å². The highest BCUT2D eigenvalue weighted by Crippen LogP contribution is 2.15. The molecule has 0 aliphatic heterocycles. The molecule has 2 rings (SSSR count). The van der Waals surface area contributed by atoms with Gasteiger partial charge in [-0.15, -0.1) is 0 Å². The lowest BCUT2D eigenvalue weighted by atomic mass is 10.1. The maximum Gasteiger partial charge on any atom is 0.331 e. The third-order valence-corrected chi connectivity index (χ3v) is 5.65. The summed E-state index contributed by atoms with van der Waals surface area (Å²) >= 11 is 1.25. The summed E-state index contributed by atoms with van der Waals surface area (Å²) in [5, 5.41) is 0.665. The highest BCUT2D eigenvalue weighted by molar-refractivity contribution is 7.99. The van der Waals surface area contributed by atoms with Gasteiger partial charge in [-0.2, -0.15) is 0 Å². The molecular formula is C18H30N5O3S+. The van der Waals surface area contributed by atoms with Crippen molar-refractivity contribution in [1.29, 1.82) is 0 Å². The maximum absolute atomic E-state index is 12.3. The zero-order chi connectivity index (χ0) is 19.8. The van der Waals surface area contributed by atoms with Gasteiger partial charge in [0.1, 0.15) is 0 Å². The van der Waals surface area contributed by atoms with Gasteiger partial charge in [0.25, 0.3) is 11.2 Å². The molecule has 9 heteroatoms. The number of carbonyl (C=O) groups excluding carboxylic acids is 1. The molecule has 8 nitrogen and oxygen atoms in total. The molecule has 0 saturated heterocycles. The van der Waals surface area contributed by atoms with Crippen LogP contribution in [0.4, 0.5) is 0 Å². The van der Waals surface area contributed by atoms with Crippen LogP contribution in [0, 0.1) is 0 Å². The van der Waals surface area contributed by atoms with Crippen molar-refractivity contribution in [1.82, 2.24) is 14.5 Å². The predicted molar refractivity (Wildman–Crippen MR) is 107 cm³/mol. The van der Waals surface area contributed by atoms with Crippen molar-refractivity contribution in [3.05, 3.63) is 20.8 Å². The van der Waals surface area contributed by atoms with E-state index >= 15 is 0 Å². The number of H-pyrrole nitrogens is 2. The standard InChI is InChI=1S/C18H29N5O3S/c1-3-4-5-6-7-8-9-10-11-23-14-15(20-18(23)27-12-13(19)24)22(2)17(26)21-16(14)25/h3-12H2,1-2H3,(H3,19,21,24,25,26)/p+1. The van der Waals surface area contributed by atoms with Gasteiger partial charge in [0, 0.05) is 7.05 Å². The van der Waals surface area contributed by atoms with Crippen molar-refractivity contribution in [2.45, 2.75) is 70.0 Å². The zero-order valence-corrected chi connectivity index (χ0v) is 17.0. The molecule has 0 aliphatic rings. The second kappa shape index (κ2) is 10.3. The maximum atomic E-state index is 12.3. The van der Waals surface area contributed by atoms with Crippen LogP contribution >= 0.6 is 11.8 Å². The minimum atomic E-state index is -0.473. The van der Waals surface area contributed by atoms with Crippen LogP contribution in [0.25, 0.3) is 11.2 Å². The van der Waals surface area contributed by atoms with Gasteiger partial charge in [0.05, 0.1) is 12.3 Å². The molecule has 4 N–H and O–H groups in total. The largest absolute Gasteiger partial charge is 0.369 e. The molecule has 150 valence electrons. The van der Waals surface area contributed by atoms with Gasteiger partial charge in [-0.05, 0) is 24.6 Å². The lowest BCUT2D eigenvalue weighted by Gasteiger charge is -2.03.